The van der Waals surface area contributed by atoms with Crippen molar-refractivity contribution in [3.8, 4) is 0 Å². The smallest absolute Gasteiger partial charge is 0.410 e. The third-order valence-electron chi connectivity index (χ3n) is 5.27. The molecule has 132 valence electrons. The predicted octanol–water partition coefficient (Wildman–Crippen LogP) is 4.08. The molecule has 4 nitrogen and oxygen atoms in total. The van der Waals surface area contributed by atoms with Gasteiger partial charge < -0.3 is 9.64 Å². The van der Waals surface area contributed by atoms with Crippen LogP contribution in [0.2, 0.25) is 0 Å². The van der Waals surface area contributed by atoms with Crippen LogP contribution in [0.4, 0.5) is 4.79 Å². The number of likely N-dealkylation sites (tertiary alicyclic amines) is 2. The van der Waals surface area contributed by atoms with E-state index in [0.29, 0.717) is 18.0 Å². The van der Waals surface area contributed by atoms with Gasteiger partial charge in [-0.15, -0.1) is 0 Å². The third-order valence-corrected chi connectivity index (χ3v) is 5.27. The topological polar surface area (TPSA) is 32.8 Å². The van der Waals surface area contributed by atoms with Crippen LogP contribution in [0.3, 0.4) is 0 Å². The van der Waals surface area contributed by atoms with E-state index in [4.69, 9.17) is 4.74 Å². The Morgan fingerprint density at radius 2 is 1.92 bits per heavy atom. The Hall–Kier alpha value is -1.55. The lowest BCUT2D eigenvalue weighted by Crippen LogP contribution is -2.50. The molecule has 3 atom stereocenters. The van der Waals surface area contributed by atoms with Crippen molar-refractivity contribution >= 4 is 6.09 Å². The van der Waals surface area contributed by atoms with Crippen LogP contribution in [0.1, 0.15) is 52.1 Å². The van der Waals surface area contributed by atoms with E-state index in [1.165, 1.54) is 12.0 Å². The highest BCUT2D eigenvalue weighted by Crippen LogP contribution is 2.35. The fourth-order valence-electron chi connectivity index (χ4n) is 4.02. The first-order chi connectivity index (χ1) is 11.3. The molecule has 1 aromatic rings. The number of hydrogen-bond donors (Lipinski definition) is 0. The van der Waals surface area contributed by atoms with Crippen LogP contribution >= 0.6 is 0 Å². The summed E-state index contributed by atoms with van der Waals surface area (Å²) in [4.78, 5) is 17.1. The highest BCUT2D eigenvalue weighted by Gasteiger charge is 2.43. The number of piperidine rings is 1. The number of hydrogen-bond acceptors (Lipinski definition) is 3. The van der Waals surface area contributed by atoms with Crippen LogP contribution in [0, 0.1) is 5.92 Å². The van der Waals surface area contributed by atoms with Gasteiger partial charge in [-0.25, -0.2) is 4.79 Å². The fraction of sp³-hybridized carbons (Fsp3) is 0.650. The monoisotopic (exact) mass is 330 g/mol. The van der Waals surface area contributed by atoms with Gasteiger partial charge in [-0.2, -0.15) is 0 Å². The standard InChI is InChI=1S/C20H30N2O2/c1-15(16-9-6-5-7-10-16)21-13-17-11-8-12-22(18(17)14-21)19(23)24-20(2,3)4/h5-7,9-10,15,17-18H,8,11-14H2,1-4H3/t15-,17-,18+/m0/s1. The minimum atomic E-state index is -0.431. The molecule has 2 aliphatic heterocycles. The second-order valence-corrected chi connectivity index (χ2v) is 8.18. The van der Waals surface area contributed by atoms with Crippen molar-refractivity contribution in [3.63, 3.8) is 0 Å². The molecule has 0 saturated carbocycles. The third kappa shape index (κ3) is 3.75. The van der Waals surface area contributed by atoms with Crippen molar-refractivity contribution in [2.24, 2.45) is 5.92 Å². The van der Waals surface area contributed by atoms with Crippen molar-refractivity contribution in [2.75, 3.05) is 19.6 Å². The molecule has 1 amide bonds. The quantitative estimate of drug-likeness (QED) is 0.819. The van der Waals surface area contributed by atoms with E-state index < -0.39 is 5.60 Å². The van der Waals surface area contributed by atoms with Crippen LogP contribution in [0.15, 0.2) is 30.3 Å². The van der Waals surface area contributed by atoms with Crippen molar-refractivity contribution in [1.82, 2.24) is 9.80 Å². The SMILES string of the molecule is C[C@@H](c1ccccc1)N1C[C@@H]2CCCN(C(=O)OC(C)(C)C)[C@@H]2C1. The lowest BCUT2D eigenvalue weighted by Gasteiger charge is -2.37. The van der Waals surface area contributed by atoms with Crippen molar-refractivity contribution in [2.45, 2.75) is 58.2 Å². The summed E-state index contributed by atoms with van der Waals surface area (Å²) in [5.74, 6) is 0.567. The Kier molecular flexibility index (Phi) is 4.86. The fourth-order valence-corrected chi connectivity index (χ4v) is 4.02. The van der Waals surface area contributed by atoms with Gasteiger partial charge in [-0.3, -0.25) is 4.90 Å². The molecule has 3 rings (SSSR count). The molecule has 1 aromatic carbocycles. The van der Waals surface area contributed by atoms with E-state index in [9.17, 15) is 4.79 Å². The second kappa shape index (κ2) is 6.75. The second-order valence-electron chi connectivity index (χ2n) is 8.18. The predicted molar refractivity (Wildman–Crippen MR) is 95.9 cm³/mol. The minimum Gasteiger partial charge on any atom is -0.444 e. The summed E-state index contributed by atoms with van der Waals surface area (Å²) in [6.45, 7) is 10.9. The van der Waals surface area contributed by atoms with Crippen LogP contribution < -0.4 is 0 Å². The molecule has 0 N–H and O–H groups in total. The summed E-state index contributed by atoms with van der Waals surface area (Å²) >= 11 is 0. The number of nitrogens with zero attached hydrogens (tertiary/aromatic N) is 2. The van der Waals surface area contributed by atoms with Gasteiger partial charge in [0, 0.05) is 25.7 Å². The lowest BCUT2D eigenvalue weighted by molar-refractivity contribution is 0.00608. The molecule has 0 radical (unpaired) electrons. The zero-order valence-electron chi connectivity index (χ0n) is 15.4. The molecule has 24 heavy (non-hydrogen) atoms. The van der Waals surface area contributed by atoms with Gasteiger partial charge in [0.25, 0.3) is 0 Å². The van der Waals surface area contributed by atoms with E-state index in [0.717, 1.165) is 26.1 Å². The molecule has 4 heteroatoms. The normalized spacial score (nSPS) is 26.1. The molecule has 0 aliphatic carbocycles. The van der Waals surface area contributed by atoms with Gasteiger partial charge in [-0.05, 0) is 52.0 Å². The maximum Gasteiger partial charge on any atom is 0.410 e. The van der Waals surface area contributed by atoms with Gasteiger partial charge >= 0.3 is 6.09 Å². The van der Waals surface area contributed by atoms with Crippen molar-refractivity contribution in [1.29, 1.82) is 0 Å². The minimum absolute atomic E-state index is 0.147. The van der Waals surface area contributed by atoms with E-state index in [-0.39, 0.29) is 6.09 Å². The number of carbonyl (C=O) groups is 1. The molecule has 0 bridgehead atoms. The molecule has 2 heterocycles. The molecule has 2 saturated heterocycles. The van der Waals surface area contributed by atoms with Crippen LogP contribution in [0.25, 0.3) is 0 Å². The van der Waals surface area contributed by atoms with Gasteiger partial charge in [0.2, 0.25) is 0 Å². The van der Waals surface area contributed by atoms with E-state index in [1.807, 2.05) is 25.7 Å². The Balaban J connectivity index is 1.70. The molecular formula is C20H30N2O2. The highest BCUT2D eigenvalue weighted by atomic mass is 16.6. The first-order valence-corrected chi connectivity index (χ1v) is 9.14. The Morgan fingerprint density at radius 1 is 1.21 bits per heavy atom. The molecular weight excluding hydrogens is 300 g/mol. The Bertz CT molecular complexity index is 567. The summed E-state index contributed by atoms with van der Waals surface area (Å²) in [5, 5.41) is 0. The molecule has 2 aliphatic rings. The van der Waals surface area contributed by atoms with Crippen molar-refractivity contribution < 1.29 is 9.53 Å². The van der Waals surface area contributed by atoms with Gasteiger partial charge in [-0.1, -0.05) is 30.3 Å². The molecule has 0 unspecified atom stereocenters. The highest BCUT2D eigenvalue weighted by molar-refractivity contribution is 5.69. The molecule has 0 aromatic heterocycles. The van der Waals surface area contributed by atoms with Gasteiger partial charge in [0.05, 0.1) is 6.04 Å². The van der Waals surface area contributed by atoms with Crippen LogP contribution in [-0.4, -0.2) is 47.2 Å². The Labute approximate surface area is 145 Å². The van der Waals surface area contributed by atoms with Crippen LogP contribution in [-0.2, 0) is 4.74 Å². The Morgan fingerprint density at radius 3 is 2.58 bits per heavy atom. The van der Waals surface area contributed by atoms with E-state index >= 15 is 0 Å². The summed E-state index contributed by atoms with van der Waals surface area (Å²) in [6, 6.07) is 11.3. The first-order valence-electron chi connectivity index (χ1n) is 9.14. The number of fused-ring (bicyclic) bond motifs is 1. The average molecular weight is 330 g/mol. The van der Waals surface area contributed by atoms with E-state index in [2.05, 4.69) is 42.2 Å². The van der Waals surface area contributed by atoms with Crippen LogP contribution in [0.5, 0.6) is 0 Å². The van der Waals surface area contributed by atoms with Crippen molar-refractivity contribution in [3.05, 3.63) is 35.9 Å². The number of benzene rings is 1. The summed E-state index contributed by atoms with van der Waals surface area (Å²) in [5.41, 5.74) is 0.916. The summed E-state index contributed by atoms with van der Waals surface area (Å²) in [7, 11) is 0. The first kappa shape index (κ1) is 17.3. The zero-order chi connectivity index (χ0) is 17.3. The van der Waals surface area contributed by atoms with Gasteiger partial charge in [0.1, 0.15) is 5.60 Å². The number of amides is 1. The van der Waals surface area contributed by atoms with E-state index in [1.54, 1.807) is 0 Å². The number of ether oxygens (including phenoxy) is 1. The maximum absolute atomic E-state index is 12.6. The summed E-state index contributed by atoms with van der Waals surface area (Å²) in [6.07, 6.45) is 2.14. The molecule has 0 spiro atoms. The van der Waals surface area contributed by atoms with Gasteiger partial charge in [0.15, 0.2) is 0 Å². The zero-order valence-corrected chi connectivity index (χ0v) is 15.4. The molecule has 2 fully saturated rings. The average Bonchev–Trinajstić information content (AvgIpc) is 2.97. The lowest BCUT2D eigenvalue weighted by atomic mass is 9.92. The number of rotatable bonds is 2. The number of carbonyl (C=O) groups excluding carboxylic acids is 1. The largest absolute Gasteiger partial charge is 0.444 e. The maximum atomic E-state index is 12.6. The summed E-state index contributed by atoms with van der Waals surface area (Å²) < 4.78 is 5.63.